The lowest BCUT2D eigenvalue weighted by molar-refractivity contribution is 0.0643. The molecule has 0 atom stereocenters. The van der Waals surface area contributed by atoms with Crippen LogP contribution in [0.2, 0.25) is 0 Å². The Bertz CT molecular complexity index is 1070. The molecule has 0 spiro atoms. The first-order valence-electron chi connectivity index (χ1n) is 10.9. The van der Waals surface area contributed by atoms with Crippen LogP contribution in [0.15, 0.2) is 59.1 Å². The van der Waals surface area contributed by atoms with Crippen LogP contribution in [-0.4, -0.2) is 27.9 Å². The fourth-order valence-corrected chi connectivity index (χ4v) is 3.98. The van der Waals surface area contributed by atoms with Gasteiger partial charge in [0.1, 0.15) is 5.82 Å². The lowest BCUT2D eigenvalue weighted by Crippen LogP contribution is -2.38. The van der Waals surface area contributed by atoms with Gasteiger partial charge in [0.15, 0.2) is 11.5 Å². The molecule has 0 saturated heterocycles. The van der Waals surface area contributed by atoms with Crippen molar-refractivity contribution in [2.75, 3.05) is 0 Å². The standard InChI is InChI=1S/C25H26FN3O3/c1-17-6-10-19(11-7-17)25(31)29(21-4-2-3-5-21)16-22-14-23(28-32-22)24(30)27-15-18-8-12-20(26)13-9-18/h6-14,21H,2-5,15-16H2,1H3,(H,27,30). The molecule has 2 aromatic carbocycles. The third-order valence-electron chi connectivity index (χ3n) is 5.81. The molecule has 1 N–H and O–H groups in total. The lowest BCUT2D eigenvalue weighted by Gasteiger charge is -2.28. The van der Waals surface area contributed by atoms with E-state index in [9.17, 15) is 14.0 Å². The third kappa shape index (κ3) is 5.22. The quantitative estimate of drug-likeness (QED) is 0.587. The highest BCUT2D eigenvalue weighted by atomic mass is 19.1. The van der Waals surface area contributed by atoms with Crippen LogP contribution in [0.25, 0.3) is 0 Å². The van der Waals surface area contributed by atoms with Gasteiger partial charge in [-0.1, -0.05) is 47.8 Å². The molecule has 1 saturated carbocycles. The molecule has 1 aliphatic rings. The first kappa shape index (κ1) is 21.7. The first-order valence-corrected chi connectivity index (χ1v) is 10.9. The Kier molecular flexibility index (Phi) is 6.63. The highest BCUT2D eigenvalue weighted by molar-refractivity contribution is 5.94. The number of aromatic nitrogens is 1. The zero-order valence-electron chi connectivity index (χ0n) is 18.0. The average Bonchev–Trinajstić information content (AvgIpc) is 3.49. The number of benzene rings is 2. The minimum absolute atomic E-state index is 0.0457. The maximum atomic E-state index is 13.2. The molecule has 1 fully saturated rings. The van der Waals surface area contributed by atoms with Gasteiger partial charge < -0.3 is 14.7 Å². The van der Waals surface area contributed by atoms with Crippen LogP contribution in [0.3, 0.4) is 0 Å². The van der Waals surface area contributed by atoms with E-state index in [0.717, 1.165) is 36.8 Å². The van der Waals surface area contributed by atoms with E-state index in [1.54, 1.807) is 18.2 Å². The number of aryl methyl sites for hydroxylation is 1. The van der Waals surface area contributed by atoms with Crippen LogP contribution in [0, 0.1) is 12.7 Å². The highest BCUT2D eigenvalue weighted by Crippen LogP contribution is 2.27. The average molecular weight is 435 g/mol. The molecule has 7 heteroatoms. The van der Waals surface area contributed by atoms with Crippen LogP contribution in [-0.2, 0) is 13.1 Å². The van der Waals surface area contributed by atoms with Crippen molar-refractivity contribution < 1.29 is 18.5 Å². The smallest absolute Gasteiger partial charge is 0.273 e. The molecule has 6 nitrogen and oxygen atoms in total. The Hall–Kier alpha value is -3.48. The number of halogens is 1. The predicted molar refractivity (Wildman–Crippen MR) is 117 cm³/mol. The van der Waals surface area contributed by atoms with Crippen molar-refractivity contribution in [2.45, 2.75) is 51.7 Å². The number of amides is 2. The second kappa shape index (κ2) is 9.77. The molecule has 0 bridgehead atoms. The topological polar surface area (TPSA) is 75.4 Å². The molecule has 3 aromatic rings. The van der Waals surface area contributed by atoms with E-state index in [1.807, 2.05) is 36.1 Å². The normalized spacial score (nSPS) is 13.8. The van der Waals surface area contributed by atoms with Crippen molar-refractivity contribution in [3.05, 3.63) is 88.6 Å². The summed E-state index contributed by atoms with van der Waals surface area (Å²) in [5.41, 5.74) is 2.66. The molecule has 0 unspecified atom stereocenters. The van der Waals surface area contributed by atoms with E-state index < -0.39 is 0 Å². The Balaban J connectivity index is 1.43. The monoisotopic (exact) mass is 435 g/mol. The van der Waals surface area contributed by atoms with Crippen molar-refractivity contribution in [2.24, 2.45) is 0 Å². The Morgan fingerprint density at radius 1 is 1.09 bits per heavy atom. The summed E-state index contributed by atoms with van der Waals surface area (Å²) in [6.07, 6.45) is 4.10. The minimum atomic E-state index is -0.387. The maximum Gasteiger partial charge on any atom is 0.273 e. The molecule has 1 aliphatic carbocycles. The fourth-order valence-electron chi connectivity index (χ4n) is 3.98. The highest BCUT2D eigenvalue weighted by Gasteiger charge is 2.29. The number of rotatable bonds is 7. The second-order valence-corrected chi connectivity index (χ2v) is 8.22. The van der Waals surface area contributed by atoms with Gasteiger partial charge in [-0.15, -0.1) is 0 Å². The number of hydrogen-bond acceptors (Lipinski definition) is 4. The maximum absolute atomic E-state index is 13.2. The van der Waals surface area contributed by atoms with Gasteiger partial charge in [0.25, 0.3) is 11.8 Å². The van der Waals surface area contributed by atoms with Crippen molar-refractivity contribution in [1.29, 1.82) is 0 Å². The summed E-state index contributed by atoms with van der Waals surface area (Å²) in [6, 6.07) is 15.2. The molecule has 32 heavy (non-hydrogen) atoms. The van der Waals surface area contributed by atoms with Gasteiger partial charge in [-0.05, 0) is 49.6 Å². The molecule has 4 rings (SSSR count). The van der Waals surface area contributed by atoms with Gasteiger partial charge in [-0.25, -0.2) is 4.39 Å². The predicted octanol–water partition coefficient (Wildman–Crippen LogP) is 4.64. The summed E-state index contributed by atoms with van der Waals surface area (Å²) in [5, 5.41) is 6.63. The molecule has 0 aliphatic heterocycles. The van der Waals surface area contributed by atoms with E-state index in [0.29, 0.717) is 11.3 Å². The van der Waals surface area contributed by atoms with Crippen molar-refractivity contribution in [3.8, 4) is 0 Å². The van der Waals surface area contributed by atoms with Gasteiger partial charge >= 0.3 is 0 Å². The van der Waals surface area contributed by atoms with Crippen LogP contribution in [0.4, 0.5) is 4.39 Å². The summed E-state index contributed by atoms with van der Waals surface area (Å²) in [4.78, 5) is 27.5. The van der Waals surface area contributed by atoms with Crippen LogP contribution >= 0.6 is 0 Å². The molecule has 1 heterocycles. The zero-order chi connectivity index (χ0) is 22.5. The van der Waals surface area contributed by atoms with E-state index in [-0.39, 0.29) is 42.5 Å². The van der Waals surface area contributed by atoms with Crippen molar-refractivity contribution >= 4 is 11.8 Å². The largest absolute Gasteiger partial charge is 0.359 e. The number of nitrogens with one attached hydrogen (secondary N) is 1. The van der Waals surface area contributed by atoms with Gasteiger partial charge in [0.2, 0.25) is 0 Å². The Morgan fingerprint density at radius 3 is 2.47 bits per heavy atom. The fraction of sp³-hybridized carbons (Fsp3) is 0.320. The van der Waals surface area contributed by atoms with E-state index >= 15 is 0 Å². The number of nitrogens with zero attached hydrogens (tertiary/aromatic N) is 2. The Labute approximate surface area is 186 Å². The van der Waals surface area contributed by atoms with Crippen LogP contribution in [0.1, 0.15) is 63.4 Å². The van der Waals surface area contributed by atoms with Gasteiger partial charge in [-0.3, -0.25) is 9.59 Å². The molecular formula is C25H26FN3O3. The molecular weight excluding hydrogens is 409 g/mol. The zero-order valence-corrected chi connectivity index (χ0v) is 18.0. The summed E-state index contributed by atoms with van der Waals surface area (Å²) in [7, 11) is 0. The first-order chi connectivity index (χ1) is 15.5. The van der Waals surface area contributed by atoms with E-state index in [2.05, 4.69) is 10.5 Å². The van der Waals surface area contributed by atoms with Crippen LogP contribution in [0.5, 0.6) is 0 Å². The number of carbonyl (C=O) groups is 2. The molecule has 1 aromatic heterocycles. The SMILES string of the molecule is Cc1ccc(C(=O)N(Cc2cc(C(=O)NCc3ccc(F)cc3)no2)C2CCCC2)cc1. The minimum Gasteiger partial charge on any atom is -0.359 e. The summed E-state index contributed by atoms with van der Waals surface area (Å²) in [6.45, 7) is 2.50. The number of hydrogen-bond donors (Lipinski definition) is 1. The Morgan fingerprint density at radius 2 is 1.78 bits per heavy atom. The van der Waals surface area contributed by atoms with Crippen LogP contribution < -0.4 is 5.32 Å². The van der Waals surface area contributed by atoms with E-state index in [1.165, 1.54) is 12.1 Å². The van der Waals surface area contributed by atoms with Crippen molar-refractivity contribution in [3.63, 3.8) is 0 Å². The molecule has 2 amide bonds. The van der Waals surface area contributed by atoms with Gasteiger partial charge in [-0.2, -0.15) is 0 Å². The number of carbonyl (C=O) groups excluding carboxylic acids is 2. The van der Waals surface area contributed by atoms with Gasteiger partial charge in [0, 0.05) is 24.2 Å². The third-order valence-corrected chi connectivity index (χ3v) is 5.81. The van der Waals surface area contributed by atoms with Crippen molar-refractivity contribution in [1.82, 2.24) is 15.4 Å². The molecule has 166 valence electrons. The summed E-state index contributed by atoms with van der Waals surface area (Å²) >= 11 is 0. The van der Waals surface area contributed by atoms with Gasteiger partial charge in [0.05, 0.1) is 6.54 Å². The summed E-state index contributed by atoms with van der Waals surface area (Å²) < 4.78 is 18.4. The second-order valence-electron chi connectivity index (χ2n) is 8.22. The molecule has 0 radical (unpaired) electrons. The summed E-state index contributed by atoms with van der Waals surface area (Å²) in [5.74, 6) is -0.297. The lowest BCUT2D eigenvalue weighted by atomic mass is 10.1. The van der Waals surface area contributed by atoms with E-state index in [4.69, 9.17) is 4.52 Å².